The molecule has 8 heteroatoms. The highest BCUT2D eigenvalue weighted by Crippen LogP contribution is 2.14. The van der Waals surface area contributed by atoms with E-state index in [1.807, 2.05) is 30.3 Å². The minimum atomic E-state index is -0.424. The van der Waals surface area contributed by atoms with Gasteiger partial charge in [0.05, 0.1) is 12.4 Å². The molecule has 0 spiro atoms. The first-order valence-electron chi connectivity index (χ1n) is 10.9. The summed E-state index contributed by atoms with van der Waals surface area (Å²) in [5, 5.41) is 5.66. The van der Waals surface area contributed by atoms with Crippen LogP contribution in [0.2, 0.25) is 0 Å². The first-order chi connectivity index (χ1) is 14.7. The highest BCUT2D eigenvalue weighted by Gasteiger charge is 2.16. The van der Waals surface area contributed by atoms with Gasteiger partial charge in [0.1, 0.15) is 5.75 Å². The van der Waals surface area contributed by atoms with Gasteiger partial charge < -0.3 is 25.0 Å². The van der Waals surface area contributed by atoms with Crippen LogP contribution < -0.4 is 15.4 Å². The minimum Gasteiger partial charge on any atom is -0.471 e. The number of likely N-dealkylation sites (tertiary alicyclic amines) is 1. The Hall–Kier alpha value is -1.93. The molecule has 1 atom stereocenters. The molecule has 2 N–H and O–H groups in total. The number of nitrogens with one attached hydrogen (secondary N) is 2. The third-order valence-electron chi connectivity index (χ3n) is 4.76. The van der Waals surface area contributed by atoms with Crippen molar-refractivity contribution in [2.24, 2.45) is 0 Å². The molecule has 168 valence electrons. The van der Waals surface area contributed by atoms with Crippen LogP contribution in [-0.2, 0) is 9.53 Å². The topological polar surface area (TPSA) is 79.9 Å². The predicted molar refractivity (Wildman–Crippen MR) is 121 cm³/mol. The second-order valence-electron chi connectivity index (χ2n) is 7.23. The predicted octanol–water partition coefficient (Wildman–Crippen LogP) is 3.25. The maximum atomic E-state index is 12.4. The molecule has 1 unspecified atom stereocenters. The maximum absolute atomic E-state index is 12.4. The molecule has 1 aliphatic rings. The number of amides is 2. The van der Waals surface area contributed by atoms with Gasteiger partial charge in [-0.15, -0.1) is 0 Å². The molecule has 0 aliphatic carbocycles. The highest BCUT2D eigenvalue weighted by molar-refractivity contribution is 7.99. The molecule has 1 aromatic carbocycles. The van der Waals surface area contributed by atoms with Crippen molar-refractivity contribution in [2.45, 2.75) is 45.3 Å². The first-order valence-corrected chi connectivity index (χ1v) is 12.0. The lowest BCUT2D eigenvalue weighted by molar-refractivity contribution is -0.121. The molecule has 2 amide bonds. The Morgan fingerprint density at radius 2 is 1.93 bits per heavy atom. The second-order valence-corrected chi connectivity index (χ2v) is 8.34. The molecule has 1 saturated heterocycles. The van der Waals surface area contributed by atoms with Gasteiger partial charge in [-0.25, -0.2) is 4.79 Å². The summed E-state index contributed by atoms with van der Waals surface area (Å²) in [7, 11) is 0. The van der Waals surface area contributed by atoms with Gasteiger partial charge in [0.25, 0.3) is 0 Å². The monoisotopic (exact) mass is 437 g/mol. The Kier molecular flexibility index (Phi) is 12.1. The number of ether oxygens (including phenoxy) is 2. The third-order valence-corrected chi connectivity index (χ3v) is 5.72. The standard InChI is InChI=1S/C22H35N3O4S/c1-2-28-22(27)23-13-17-30-18-20(26)24-21(29-19-10-5-3-6-11-19)12-9-16-25-14-7-4-8-15-25/h3,5-6,10-11,21H,2,4,7-9,12-18H2,1H3,(H,23,27)(H,24,26). The largest absolute Gasteiger partial charge is 0.471 e. The van der Waals surface area contributed by atoms with Gasteiger partial charge in [-0.2, -0.15) is 11.8 Å². The van der Waals surface area contributed by atoms with Gasteiger partial charge in [-0.05, 0) is 58.0 Å². The zero-order valence-electron chi connectivity index (χ0n) is 17.9. The van der Waals surface area contributed by atoms with Crippen LogP contribution in [0.3, 0.4) is 0 Å². The van der Waals surface area contributed by atoms with Crippen LogP contribution in [-0.4, -0.2) is 67.4 Å². The van der Waals surface area contributed by atoms with Gasteiger partial charge in [0.15, 0.2) is 6.23 Å². The van der Waals surface area contributed by atoms with Gasteiger partial charge in [-0.3, -0.25) is 4.79 Å². The van der Waals surface area contributed by atoms with Crippen LogP contribution in [0.15, 0.2) is 30.3 Å². The van der Waals surface area contributed by atoms with E-state index in [0.29, 0.717) is 24.7 Å². The molecule has 1 aliphatic heterocycles. The average molecular weight is 438 g/mol. The fourth-order valence-corrected chi connectivity index (χ4v) is 3.96. The fraction of sp³-hybridized carbons (Fsp3) is 0.636. The van der Waals surface area contributed by atoms with E-state index in [4.69, 9.17) is 9.47 Å². The van der Waals surface area contributed by atoms with Gasteiger partial charge in [0.2, 0.25) is 5.91 Å². The summed E-state index contributed by atoms with van der Waals surface area (Å²) < 4.78 is 10.8. The average Bonchev–Trinajstić information content (AvgIpc) is 2.75. The molecular formula is C22H35N3O4S. The Balaban J connectivity index is 1.71. The lowest BCUT2D eigenvalue weighted by atomic mass is 10.1. The summed E-state index contributed by atoms with van der Waals surface area (Å²) in [6, 6.07) is 9.60. The lowest BCUT2D eigenvalue weighted by Gasteiger charge is -2.27. The van der Waals surface area contributed by atoms with Crippen LogP contribution >= 0.6 is 11.8 Å². The molecule has 7 nitrogen and oxygen atoms in total. The minimum absolute atomic E-state index is 0.0601. The third kappa shape index (κ3) is 10.7. The number of thioether (sulfide) groups is 1. The normalized spacial score (nSPS) is 15.2. The number of carbonyl (C=O) groups is 2. The molecule has 30 heavy (non-hydrogen) atoms. The number of piperidine rings is 1. The van der Waals surface area contributed by atoms with Crippen molar-refractivity contribution in [2.75, 3.05) is 44.3 Å². The number of hydrogen-bond donors (Lipinski definition) is 2. The van der Waals surface area contributed by atoms with Crippen molar-refractivity contribution < 1.29 is 19.1 Å². The number of carbonyl (C=O) groups excluding carboxylic acids is 2. The number of para-hydroxylation sites is 1. The van der Waals surface area contributed by atoms with Crippen molar-refractivity contribution in [1.29, 1.82) is 0 Å². The molecular weight excluding hydrogens is 402 g/mol. The molecule has 1 fully saturated rings. The zero-order chi connectivity index (χ0) is 21.4. The Morgan fingerprint density at radius 3 is 2.67 bits per heavy atom. The zero-order valence-corrected chi connectivity index (χ0v) is 18.8. The molecule has 0 bridgehead atoms. The van der Waals surface area contributed by atoms with E-state index < -0.39 is 6.09 Å². The summed E-state index contributed by atoms with van der Waals surface area (Å²) in [6.45, 7) is 5.97. The summed E-state index contributed by atoms with van der Waals surface area (Å²) in [6.07, 6.45) is 4.88. The van der Waals surface area contributed by atoms with Crippen molar-refractivity contribution in [3.63, 3.8) is 0 Å². The van der Waals surface area contributed by atoms with Crippen LogP contribution in [0.5, 0.6) is 5.75 Å². The van der Waals surface area contributed by atoms with Crippen LogP contribution in [0.4, 0.5) is 4.79 Å². The Bertz CT molecular complexity index is 612. The second kappa shape index (κ2) is 15.0. The smallest absolute Gasteiger partial charge is 0.407 e. The van der Waals surface area contributed by atoms with E-state index in [2.05, 4.69) is 15.5 Å². The number of benzene rings is 1. The SMILES string of the molecule is CCOC(=O)NCCSCC(=O)NC(CCCN1CCCCC1)Oc1ccccc1. The Morgan fingerprint density at radius 1 is 1.17 bits per heavy atom. The number of rotatable bonds is 13. The highest BCUT2D eigenvalue weighted by atomic mass is 32.2. The quantitative estimate of drug-likeness (QED) is 0.364. The van der Waals surface area contributed by atoms with E-state index in [0.717, 1.165) is 25.1 Å². The lowest BCUT2D eigenvalue weighted by Crippen LogP contribution is -2.41. The molecule has 1 heterocycles. The summed E-state index contributed by atoms with van der Waals surface area (Å²) >= 11 is 1.47. The van der Waals surface area contributed by atoms with E-state index in [1.54, 1.807) is 6.92 Å². The molecule has 2 rings (SSSR count). The van der Waals surface area contributed by atoms with E-state index in [9.17, 15) is 9.59 Å². The van der Waals surface area contributed by atoms with Crippen molar-refractivity contribution in [3.05, 3.63) is 30.3 Å². The number of alkyl carbamates (subject to hydrolysis) is 1. The van der Waals surface area contributed by atoms with E-state index in [1.165, 1.54) is 44.1 Å². The van der Waals surface area contributed by atoms with Crippen LogP contribution in [0.1, 0.15) is 39.0 Å². The van der Waals surface area contributed by atoms with Crippen LogP contribution in [0, 0.1) is 0 Å². The first kappa shape index (κ1) is 24.3. The van der Waals surface area contributed by atoms with Gasteiger partial charge >= 0.3 is 6.09 Å². The summed E-state index contributed by atoms with van der Waals surface area (Å²) in [4.78, 5) is 26.1. The fourth-order valence-electron chi connectivity index (χ4n) is 3.30. The maximum Gasteiger partial charge on any atom is 0.407 e. The van der Waals surface area contributed by atoms with Crippen molar-refractivity contribution in [1.82, 2.24) is 15.5 Å². The molecule has 0 saturated carbocycles. The molecule has 1 aromatic rings. The van der Waals surface area contributed by atoms with Gasteiger partial charge in [-0.1, -0.05) is 24.6 Å². The Labute approximate surface area is 184 Å². The van der Waals surface area contributed by atoms with E-state index in [-0.39, 0.29) is 12.1 Å². The van der Waals surface area contributed by atoms with E-state index >= 15 is 0 Å². The number of hydrogen-bond acceptors (Lipinski definition) is 6. The van der Waals surface area contributed by atoms with Crippen LogP contribution in [0.25, 0.3) is 0 Å². The number of nitrogens with zero attached hydrogens (tertiary/aromatic N) is 1. The van der Waals surface area contributed by atoms with Crippen molar-refractivity contribution in [3.8, 4) is 5.75 Å². The molecule has 0 radical (unpaired) electrons. The summed E-state index contributed by atoms with van der Waals surface area (Å²) in [5.41, 5.74) is 0. The van der Waals surface area contributed by atoms with Gasteiger partial charge in [0, 0.05) is 18.7 Å². The van der Waals surface area contributed by atoms with Crippen molar-refractivity contribution >= 4 is 23.8 Å². The molecule has 0 aromatic heterocycles. The summed E-state index contributed by atoms with van der Waals surface area (Å²) in [5.74, 6) is 1.67.